The van der Waals surface area contributed by atoms with Crippen LogP contribution in [0.5, 0.6) is 0 Å². The van der Waals surface area contributed by atoms with Gasteiger partial charge in [0.25, 0.3) is 0 Å². The first-order chi connectivity index (χ1) is 7.94. The molecule has 0 spiro atoms. The van der Waals surface area contributed by atoms with Gasteiger partial charge in [-0.15, -0.1) is 0 Å². The number of nitriles is 1. The van der Waals surface area contributed by atoms with Gasteiger partial charge in [0.15, 0.2) is 0 Å². The van der Waals surface area contributed by atoms with Crippen LogP contribution in [0.1, 0.15) is 26.3 Å². The molecular formula is C14H18N2O. The van der Waals surface area contributed by atoms with E-state index in [0.29, 0.717) is 6.54 Å². The first-order valence-electron chi connectivity index (χ1n) is 5.73. The predicted octanol–water partition coefficient (Wildman–Crippen LogP) is 2.90. The Morgan fingerprint density at radius 2 is 2.00 bits per heavy atom. The molecule has 0 N–H and O–H groups in total. The Balaban J connectivity index is 3.15. The number of hydrogen-bond acceptors (Lipinski definition) is 2. The van der Waals surface area contributed by atoms with Crippen molar-refractivity contribution in [2.24, 2.45) is 5.41 Å². The molecule has 1 rings (SSSR count). The van der Waals surface area contributed by atoms with E-state index in [1.807, 2.05) is 38.1 Å². The minimum atomic E-state index is -0.988. The lowest BCUT2D eigenvalue weighted by atomic mass is 9.93. The number of benzene rings is 1. The Morgan fingerprint density at radius 3 is 2.47 bits per heavy atom. The quantitative estimate of drug-likeness (QED) is 0.801. The maximum absolute atomic E-state index is 12.3. The molecule has 0 radical (unpaired) electrons. The average Bonchev–Trinajstić information content (AvgIpc) is 2.32. The molecule has 0 aliphatic carbocycles. The highest BCUT2D eigenvalue weighted by atomic mass is 16.2. The van der Waals surface area contributed by atoms with Crippen molar-refractivity contribution in [3.63, 3.8) is 0 Å². The van der Waals surface area contributed by atoms with E-state index >= 15 is 0 Å². The summed E-state index contributed by atoms with van der Waals surface area (Å²) in [5, 5.41) is 9.03. The van der Waals surface area contributed by atoms with Crippen molar-refractivity contribution in [3.05, 3.63) is 29.8 Å². The van der Waals surface area contributed by atoms with Crippen LogP contribution in [0, 0.1) is 23.7 Å². The van der Waals surface area contributed by atoms with Crippen molar-refractivity contribution in [2.75, 3.05) is 11.4 Å². The number of amides is 1. The monoisotopic (exact) mass is 230 g/mol. The van der Waals surface area contributed by atoms with Crippen LogP contribution >= 0.6 is 0 Å². The molecule has 0 aliphatic rings. The van der Waals surface area contributed by atoms with Gasteiger partial charge in [0.1, 0.15) is 5.41 Å². The molecular weight excluding hydrogens is 212 g/mol. The van der Waals surface area contributed by atoms with E-state index in [9.17, 15) is 4.79 Å². The number of hydrogen-bond donors (Lipinski definition) is 0. The third-order valence-corrected chi connectivity index (χ3v) is 2.78. The molecule has 0 fully saturated rings. The second-order valence-corrected chi connectivity index (χ2v) is 4.57. The fourth-order valence-electron chi connectivity index (χ4n) is 1.67. The maximum Gasteiger partial charge on any atom is 0.246 e. The van der Waals surface area contributed by atoms with Crippen molar-refractivity contribution in [1.29, 1.82) is 5.26 Å². The second-order valence-electron chi connectivity index (χ2n) is 4.57. The lowest BCUT2D eigenvalue weighted by molar-refractivity contribution is -0.124. The summed E-state index contributed by atoms with van der Waals surface area (Å²) < 4.78 is 0. The zero-order chi connectivity index (χ0) is 13.1. The molecule has 17 heavy (non-hydrogen) atoms. The van der Waals surface area contributed by atoms with Crippen molar-refractivity contribution in [1.82, 2.24) is 0 Å². The number of para-hydroxylation sites is 1. The zero-order valence-electron chi connectivity index (χ0n) is 10.8. The molecule has 0 aromatic heterocycles. The molecule has 1 aromatic carbocycles. The van der Waals surface area contributed by atoms with Crippen LogP contribution in [0.15, 0.2) is 24.3 Å². The van der Waals surface area contributed by atoms with Gasteiger partial charge in [-0.05, 0) is 39.3 Å². The summed E-state index contributed by atoms with van der Waals surface area (Å²) in [5.74, 6) is -0.156. The van der Waals surface area contributed by atoms with Crippen molar-refractivity contribution < 1.29 is 4.79 Å². The van der Waals surface area contributed by atoms with Crippen LogP contribution in [-0.4, -0.2) is 12.5 Å². The Labute approximate surface area is 103 Å². The third kappa shape index (κ3) is 2.65. The zero-order valence-corrected chi connectivity index (χ0v) is 10.8. The number of anilines is 1. The average molecular weight is 230 g/mol. The van der Waals surface area contributed by atoms with Gasteiger partial charge in [-0.2, -0.15) is 5.26 Å². The molecule has 0 atom stereocenters. The third-order valence-electron chi connectivity index (χ3n) is 2.78. The molecule has 0 saturated carbocycles. The summed E-state index contributed by atoms with van der Waals surface area (Å²) in [7, 11) is 0. The van der Waals surface area contributed by atoms with Gasteiger partial charge in [-0.25, -0.2) is 0 Å². The Kier molecular flexibility index (Phi) is 3.90. The SMILES string of the molecule is CCN(C(=O)C(C)(C)C#N)c1ccccc1C. The highest BCUT2D eigenvalue weighted by Gasteiger charge is 2.32. The molecule has 3 nitrogen and oxygen atoms in total. The summed E-state index contributed by atoms with van der Waals surface area (Å²) in [6.07, 6.45) is 0. The summed E-state index contributed by atoms with van der Waals surface area (Å²) in [5.41, 5.74) is 0.929. The Hall–Kier alpha value is -1.82. The molecule has 0 heterocycles. The van der Waals surface area contributed by atoms with Gasteiger partial charge in [0.2, 0.25) is 5.91 Å². The van der Waals surface area contributed by atoms with Crippen LogP contribution in [0.2, 0.25) is 0 Å². The molecule has 0 bridgehead atoms. The van der Waals surface area contributed by atoms with E-state index in [-0.39, 0.29) is 5.91 Å². The molecule has 1 aromatic rings. The van der Waals surface area contributed by atoms with E-state index in [1.165, 1.54) is 0 Å². The van der Waals surface area contributed by atoms with E-state index in [4.69, 9.17) is 5.26 Å². The highest BCUT2D eigenvalue weighted by Crippen LogP contribution is 2.25. The van der Waals surface area contributed by atoms with Crippen molar-refractivity contribution in [3.8, 4) is 6.07 Å². The summed E-state index contributed by atoms with van der Waals surface area (Å²) in [4.78, 5) is 13.9. The van der Waals surface area contributed by atoms with Gasteiger partial charge in [-0.3, -0.25) is 4.79 Å². The van der Waals surface area contributed by atoms with Crippen LogP contribution in [0.3, 0.4) is 0 Å². The fraction of sp³-hybridized carbons (Fsp3) is 0.429. The summed E-state index contributed by atoms with van der Waals surface area (Å²) >= 11 is 0. The minimum absolute atomic E-state index is 0.156. The predicted molar refractivity (Wildman–Crippen MR) is 68.6 cm³/mol. The number of nitrogens with zero attached hydrogens (tertiary/aromatic N) is 2. The van der Waals surface area contributed by atoms with Gasteiger partial charge < -0.3 is 4.90 Å². The van der Waals surface area contributed by atoms with Crippen molar-refractivity contribution >= 4 is 11.6 Å². The fourth-order valence-corrected chi connectivity index (χ4v) is 1.67. The van der Waals surface area contributed by atoms with E-state index in [1.54, 1.807) is 18.7 Å². The Bertz CT molecular complexity index is 458. The molecule has 3 heteroatoms. The van der Waals surface area contributed by atoms with E-state index in [0.717, 1.165) is 11.3 Å². The van der Waals surface area contributed by atoms with Crippen LogP contribution < -0.4 is 4.90 Å². The van der Waals surface area contributed by atoms with Gasteiger partial charge in [-0.1, -0.05) is 18.2 Å². The van der Waals surface area contributed by atoms with Crippen LogP contribution in [-0.2, 0) is 4.79 Å². The minimum Gasteiger partial charge on any atom is -0.311 e. The van der Waals surface area contributed by atoms with E-state index < -0.39 is 5.41 Å². The molecule has 0 unspecified atom stereocenters. The second kappa shape index (κ2) is 5.01. The number of rotatable bonds is 3. The lowest BCUT2D eigenvalue weighted by Crippen LogP contribution is -2.40. The van der Waals surface area contributed by atoms with Crippen LogP contribution in [0.4, 0.5) is 5.69 Å². The Morgan fingerprint density at radius 1 is 1.41 bits per heavy atom. The standard InChI is InChI=1S/C14H18N2O/c1-5-16(13(17)14(3,4)10-15)12-9-7-6-8-11(12)2/h6-9H,5H2,1-4H3. The molecule has 0 saturated heterocycles. The van der Waals surface area contributed by atoms with Gasteiger partial charge in [0.05, 0.1) is 6.07 Å². The highest BCUT2D eigenvalue weighted by molar-refractivity contribution is 5.99. The van der Waals surface area contributed by atoms with Gasteiger partial charge in [0, 0.05) is 12.2 Å². The topological polar surface area (TPSA) is 44.1 Å². The van der Waals surface area contributed by atoms with Crippen molar-refractivity contribution in [2.45, 2.75) is 27.7 Å². The lowest BCUT2D eigenvalue weighted by Gasteiger charge is -2.28. The first kappa shape index (κ1) is 13.2. The molecule has 1 amide bonds. The molecule has 0 aliphatic heterocycles. The smallest absolute Gasteiger partial charge is 0.246 e. The van der Waals surface area contributed by atoms with Crippen LogP contribution in [0.25, 0.3) is 0 Å². The summed E-state index contributed by atoms with van der Waals surface area (Å²) in [6, 6.07) is 9.76. The number of carbonyl (C=O) groups excluding carboxylic acids is 1. The van der Waals surface area contributed by atoms with E-state index in [2.05, 4.69) is 6.07 Å². The summed E-state index contributed by atoms with van der Waals surface area (Å²) in [6.45, 7) is 7.74. The number of carbonyl (C=O) groups is 1. The largest absolute Gasteiger partial charge is 0.311 e. The maximum atomic E-state index is 12.3. The molecule has 90 valence electrons. The number of aryl methyl sites for hydroxylation is 1. The normalized spacial score (nSPS) is 10.8. The van der Waals surface area contributed by atoms with Gasteiger partial charge >= 0.3 is 0 Å². The first-order valence-corrected chi connectivity index (χ1v) is 5.73.